The zero-order valence-corrected chi connectivity index (χ0v) is 9.94. The number of phenolic OH excluding ortho intramolecular Hbond substituents is 1. The quantitative estimate of drug-likeness (QED) is 0.871. The van der Waals surface area contributed by atoms with Crippen LogP contribution in [-0.2, 0) is 7.05 Å². The lowest BCUT2D eigenvalue weighted by Crippen LogP contribution is -2.04. The molecule has 3 nitrogen and oxygen atoms in total. The fourth-order valence-corrected chi connectivity index (χ4v) is 2.00. The van der Waals surface area contributed by atoms with Crippen molar-refractivity contribution in [2.45, 2.75) is 12.8 Å². The van der Waals surface area contributed by atoms with Gasteiger partial charge in [-0.2, -0.15) is 0 Å². The summed E-state index contributed by atoms with van der Waals surface area (Å²) >= 11 is 5.88. The van der Waals surface area contributed by atoms with Gasteiger partial charge in [0.15, 0.2) is 0 Å². The molecule has 1 heterocycles. The van der Waals surface area contributed by atoms with Gasteiger partial charge < -0.3 is 9.67 Å². The lowest BCUT2D eigenvalue weighted by molar-refractivity contribution is 0.465. The Morgan fingerprint density at radius 2 is 2.19 bits per heavy atom. The SMILES string of the molecule is CC(c1cccc(Cl)c1O)c1nccn1C. The molecule has 0 spiro atoms. The molecule has 0 bridgehead atoms. The second-order valence-electron chi connectivity index (χ2n) is 3.80. The minimum absolute atomic E-state index is 0.0127. The lowest BCUT2D eigenvalue weighted by Gasteiger charge is -2.14. The molecule has 0 radical (unpaired) electrons. The van der Waals surface area contributed by atoms with E-state index in [2.05, 4.69) is 4.98 Å². The molecule has 4 heteroatoms. The minimum Gasteiger partial charge on any atom is -0.506 e. The summed E-state index contributed by atoms with van der Waals surface area (Å²) in [5, 5.41) is 10.3. The van der Waals surface area contributed by atoms with Crippen LogP contribution in [0.15, 0.2) is 30.6 Å². The van der Waals surface area contributed by atoms with Crippen LogP contribution in [0.4, 0.5) is 0 Å². The van der Waals surface area contributed by atoms with Crippen LogP contribution in [0.2, 0.25) is 5.02 Å². The number of hydrogen-bond acceptors (Lipinski definition) is 2. The Morgan fingerprint density at radius 1 is 1.44 bits per heavy atom. The van der Waals surface area contributed by atoms with Crippen molar-refractivity contribution in [2.24, 2.45) is 7.05 Å². The van der Waals surface area contributed by atoms with E-state index in [1.165, 1.54) is 0 Å². The minimum atomic E-state index is 0.0127. The molecule has 0 aliphatic rings. The van der Waals surface area contributed by atoms with Crippen LogP contribution in [0.5, 0.6) is 5.75 Å². The fourth-order valence-electron chi connectivity index (χ4n) is 1.81. The molecule has 84 valence electrons. The maximum Gasteiger partial charge on any atom is 0.138 e. The Labute approximate surface area is 99.3 Å². The lowest BCUT2D eigenvalue weighted by atomic mass is 9.99. The Kier molecular flexibility index (Phi) is 2.88. The van der Waals surface area contributed by atoms with Crippen LogP contribution in [0.1, 0.15) is 24.2 Å². The molecule has 0 saturated heterocycles. The van der Waals surface area contributed by atoms with Gasteiger partial charge in [-0.3, -0.25) is 0 Å². The molecule has 1 unspecified atom stereocenters. The normalized spacial score (nSPS) is 12.7. The first kappa shape index (κ1) is 11.0. The number of para-hydroxylation sites is 1. The van der Waals surface area contributed by atoms with Crippen molar-refractivity contribution in [1.29, 1.82) is 0 Å². The van der Waals surface area contributed by atoms with E-state index in [-0.39, 0.29) is 11.7 Å². The largest absolute Gasteiger partial charge is 0.506 e. The maximum absolute atomic E-state index is 9.89. The monoisotopic (exact) mass is 236 g/mol. The van der Waals surface area contributed by atoms with E-state index in [0.29, 0.717) is 5.02 Å². The summed E-state index contributed by atoms with van der Waals surface area (Å²) in [6.45, 7) is 1.99. The van der Waals surface area contributed by atoms with Gasteiger partial charge in [0.25, 0.3) is 0 Å². The molecule has 0 aliphatic heterocycles. The number of aromatic nitrogens is 2. The Morgan fingerprint density at radius 3 is 2.81 bits per heavy atom. The first-order valence-corrected chi connectivity index (χ1v) is 5.43. The first-order chi connectivity index (χ1) is 7.61. The smallest absolute Gasteiger partial charge is 0.138 e. The Hall–Kier alpha value is -1.48. The highest BCUT2D eigenvalue weighted by Crippen LogP contribution is 2.34. The van der Waals surface area contributed by atoms with Gasteiger partial charge in [0.05, 0.1) is 5.02 Å². The van der Waals surface area contributed by atoms with Gasteiger partial charge in [-0.15, -0.1) is 0 Å². The topological polar surface area (TPSA) is 38.1 Å². The number of imidazole rings is 1. The summed E-state index contributed by atoms with van der Waals surface area (Å²) in [4.78, 5) is 4.27. The maximum atomic E-state index is 9.89. The van der Waals surface area contributed by atoms with Crippen LogP contribution in [0, 0.1) is 0 Å². The van der Waals surface area contributed by atoms with Crippen LogP contribution in [0.3, 0.4) is 0 Å². The van der Waals surface area contributed by atoms with Gasteiger partial charge in [-0.05, 0) is 6.07 Å². The zero-order chi connectivity index (χ0) is 11.7. The second-order valence-corrected chi connectivity index (χ2v) is 4.20. The summed E-state index contributed by atoms with van der Waals surface area (Å²) < 4.78 is 1.94. The van der Waals surface area contributed by atoms with Crippen molar-refractivity contribution in [2.75, 3.05) is 0 Å². The van der Waals surface area contributed by atoms with E-state index in [1.807, 2.05) is 36.9 Å². The number of hydrogen-bond donors (Lipinski definition) is 1. The van der Waals surface area contributed by atoms with Gasteiger partial charge in [0.1, 0.15) is 11.6 Å². The molecule has 16 heavy (non-hydrogen) atoms. The number of nitrogens with zero attached hydrogens (tertiary/aromatic N) is 2. The molecule has 2 aromatic rings. The van der Waals surface area contributed by atoms with Crippen LogP contribution < -0.4 is 0 Å². The molecule has 1 aromatic carbocycles. The number of aromatic hydroxyl groups is 1. The van der Waals surface area contributed by atoms with Crippen LogP contribution >= 0.6 is 11.6 Å². The summed E-state index contributed by atoms with van der Waals surface area (Å²) in [5.41, 5.74) is 0.793. The average Bonchev–Trinajstić information content (AvgIpc) is 2.68. The first-order valence-electron chi connectivity index (χ1n) is 5.06. The Balaban J connectivity index is 2.46. The van der Waals surface area contributed by atoms with Crippen molar-refractivity contribution in [3.63, 3.8) is 0 Å². The highest BCUT2D eigenvalue weighted by atomic mass is 35.5. The summed E-state index contributed by atoms with van der Waals surface area (Å²) in [6.07, 6.45) is 3.63. The number of phenols is 1. The molecule has 1 N–H and O–H groups in total. The molecule has 0 saturated carbocycles. The highest BCUT2D eigenvalue weighted by Gasteiger charge is 2.17. The van der Waals surface area contributed by atoms with E-state index < -0.39 is 0 Å². The molecule has 0 aliphatic carbocycles. The molecular formula is C12H13ClN2O. The number of rotatable bonds is 2. The number of benzene rings is 1. The third kappa shape index (κ3) is 1.78. The number of aryl methyl sites for hydroxylation is 1. The van der Waals surface area contributed by atoms with Crippen LogP contribution in [0.25, 0.3) is 0 Å². The van der Waals surface area contributed by atoms with E-state index in [1.54, 1.807) is 12.3 Å². The van der Waals surface area contributed by atoms with Crippen molar-refractivity contribution in [3.05, 3.63) is 47.0 Å². The number of halogens is 1. The van der Waals surface area contributed by atoms with E-state index in [0.717, 1.165) is 11.4 Å². The molecular weight excluding hydrogens is 224 g/mol. The molecule has 1 aromatic heterocycles. The summed E-state index contributed by atoms with van der Waals surface area (Å²) in [5.74, 6) is 1.05. The van der Waals surface area contributed by atoms with Crippen molar-refractivity contribution in [3.8, 4) is 5.75 Å². The van der Waals surface area contributed by atoms with Crippen LogP contribution in [-0.4, -0.2) is 14.7 Å². The molecule has 0 fully saturated rings. The standard InChI is InChI=1S/C12H13ClN2O/c1-8(12-14-6-7-15(12)2)9-4-3-5-10(13)11(9)16/h3-8,16H,1-2H3. The summed E-state index contributed by atoms with van der Waals surface area (Å²) in [7, 11) is 1.93. The van der Waals surface area contributed by atoms with Gasteiger partial charge in [0, 0.05) is 30.9 Å². The predicted octanol–water partition coefficient (Wildman–Crippen LogP) is 2.93. The highest BCUT2D eigenvalue weighted by molar-refractivity contribution is 6.32. The van der Waals surface area contributed by atoms with Gasteiger partial charge in [0.2, 0.25) is 0 Å². The van der Waals surface area contributed by atoms with E-state index in [9.17, 15) is 5.11 Å². The average molecular weight is 237 g/mol. The van der Waals surface area contributed by atoms with Crippen molar-refractivity contribution in [1.82, 2.24) is 9.55 Å². The van der Waals surface area contributed by atoms with Crippen molar-refractivity contribution < 1.29 is 5.11 Å². The Bertz CT molecular complexity index is 507. The van der Waals surface area contributed by atoms with Gasteiger partial charge in [-0.25, -0.2) is 4.98 Å². The van der Waals surface area contributed by atoms with Gasteiger partial charge >= 0.3 is 0 Å². The third-order valence-corrected chi connectivity index (χ3v) is 3.04. The fraction of sp³-hybridized carbons (Fsp3) is 0.250. The molecule has 0 amide bonds. The van der Waals surface area contributed by atoms with E-state index in [4.69, 9.17) is 11.6 Å². The molecule has 1 atom stereocenters. The molecule has 2 rings (SSSR count). The predicted molar refractivity (Wildman–Crippen MR) is 63.8 cm³/mol. The third-order valence-electron chi connectivity index (χ3n) is 2.73. The zero-order valence-electron chi connectivity index (χ0n) is 9.18. The van der Waals surface area contributed by atoms with E-state index >= 15 is 0 Å². The van der Waals surface area contributed by atoms with Gasteiger partial charge in [-0.1, -0.05) is 30.7 Å². The second kappa shape index (κ2) is 4.18. The van der Waals surface area contributed by atoms with Crippen molar-refractivity contribution >= 4 is 11.6 Å². The summed E-state index contributed by atoms with van der Waals surface area (Å²) in [6, 6.07) is 5.36.